The molecule has 0 aliphatic carbocycles. The predicted molar refractivity (Wildman–Crippen MR) is 76.5 cm³/mol. The molecular weight excluding hydrogens is 242 g/mol. The largest absolute Gasteiger partial charge is 0.493 e. The van der Waals surface area contributed by atoms with Gasteiger partial charge in [0, 0.05) is 12.1 Å². The Morgan fingerprint density at radius 3 is 2.58 bits per heavy atom. The van der Waals surface area contributed by atoms with Gasteiger partial charge in [-0.05, 0) is 37.1 Å². The zero-order chi connectivity index (χ0) is 14.3. The van der Waals surface area contributed by atoms with Gasteiger partial charge in [0.1, 0.15) is 0 Å². The molecule has 0 aliphatic rings. The first-order chi connectivity index (χ1) is 9.10. The van der Waals surface area contributed by atoms with Gasteiger partial charge in [0.25, 0.3) is 0 Å². The van der Waals surface area contributed by atoms with Crippen molar-refractivity contribution in [2.75, 3.05) is 14.2 Å². The van der Waals surface area contributed by atoms with Crippen molar-refractivity contribution in [3.63, 3.8) is 0 Å². The van der Waals surface area contributed by atoms with Crippen LogP contribution < -0.4 is 14.8 Å². The molecule has 1 amide bonds. The number of ether oxygens (including phenoxy) is 2. The quantitative estimate of drug-likeness (QED) is 0.803. The Hall–Kier alpha value is -1.97. The van der Waals surface area contributed by atoms with E-state index in [9.17, 15) is 4.79 Å². The highest BCUT2D eigenvalue weighted by atomic mass is 16.5. The van der Waals surface area contributed by atoms with Crippen LogP contribution in [0.15, 0.2) is 24.3 Å². The van der Waals surface area contributed by atoms with E-state index in [-0.39, 0.29) is 11.9 Å². The molecule has 1 atom stereocenters. The summed E-state index contributed by atoms with van der Waals surface area (Å²) in [6.07, 6.45) is 4.18. The smallest absolute Gasteiger partial charge is 0.244 e. The third-order valence-corrected chi connectivity index (χ3v) is 2.84. The van der Waals surface area contributed by atoms with Crippen molar-refractivity contribution >= 4 is 12.0 Å². The van der Waals surface area contributed by atoms with Gasteiger partial charge in [0.15, 0.2) is 11.5 Å². The average Bonchev–Trinajstić information content (AvgIpc) is 2.44. The SMILES string of the molecule is CCC(C)NC(=O)C=Cc1ccc(OC)c(OC)c1. The molecule has 104 valence electrons. The van der Waals surface area contributed by atoms with Crippen LogP contribution in [0.25, 0.3) is 6.08 Å². The van der Waals surface area contributed by atoms with Gasteiger partial charge in [-0.2, -0.15) is 0 Å². The lowest BCUT2D eigenvalue weighted by Crippen LogP contribution is -2.30. The van der Waals surface area contributed by atoms with Gasteiger partial charge >= 0.3 is 0 Å². The highest BCUT2D eigenvalue weighted by Gasteiger charge is 2.04. The Labute approximate surface area is 114 Å². The van der Waals surface area contributed by atoms with Crippen molar-refractivity contribution in [2.45, 2.75) is 26.3 Å². The Balaban J connectivity index is 2.74. The number of rotatable bonds is 6. The minimum Gasteiger partial charge on any atom is -0.493 e. The highest BCUT2D eigenvalue weighted by Crippen LogP contribution is 2.27. The molecule has 1 rings (SSSR count). The Morgan fingerprint density at radius 1 is 1.32 bits per heavy atom. The summed E-state index contributed by atoms with van der Waals surface area (Å²) < 4.78 is 10.4. The number of nitrogens with one attached hydrogen (secondary N) is 1. The van der Waals surface area contributed by atoms with E-state index < -0.39 is 0 Å². The highest BCUT2D eigenvalue weighted by molar-refractivity contribution is 5.91. The molecular formula is C15H21NO3. The molecule has 4 nitrogen and oxygen atoms in total. The van der Waals surface area contributed by atoms with Crippen molar-refractivity contribution < 1.29 is 14.3 Å². The second-order valence-corrected chi connectivity index (χ2v) is 4.27. The third-order valence-electron chi connectivity index (χ3n) is 2.84. The normalized spacial score (nSPS) is 12.2. The Morgan fingerprint density at radius 2 is 2.00 bits per heavy atom. The van der Waals surface area contributed by atoms with Crippen molar-refractivity contribution in [1.29, 1.82) is 0 Å². The average molecular weight is 263 g/mol. The maximum atomic E-state index is 11.6. The standard InChI is InChI=1S/C15H21NO3/c1-5-11(2)16-15(17)9-7-12-6-8-13(18-3)14(10-12)19-4/h6-11H,5H2,1-4H3,(H,16,17). The lowest BCUT2D eigenvalue weighted by molar-refractivity contribution is -0.117. The summed E-state index contributed by atoms with van der Waals surface area (Å²) in [5.74, 6) is 1.22. The fourth-order valence-electron chi connectivity index (χ4n) is 1.52. The number of carbonyl (C=O) groups is 1. The summed E-state index contributed by atoms with van der Waals surface area (Å²) in [5, 5.41) is 2.87. The lowest BCUT2D eigenvalue weighted by atomic mass is 10.2. The third kappa shape index (κ3) is 4.66. The molecule has 1 N–H and O–H groups in total. The van der Waals surface area contributed by atoms with E-state index in [4.69, 9.17) is 9.47 Å². The second-order valence-electron chi connectivity index (χ2n) is 4.27. The minimum absolute atomic E-state index is 0.0934. The van der Waals surface area contributed by atoms with E-state index in [2.05, 4.69) is 5.32 Å². The van der Waals surface area contributed by atoms with Gasteiger partial charge in [0.05, 0.1) is 14.2 Å². The molecule has 4 heteroatoms. The van der Waals surface area contributed by atoms with Crippen molar-refractivity contribution in [3.05, 3.63) is 29.8 Å². The zero-order valence-corrected chi connectivity index (χ0v) is 11.9. The maximum Gasteiger partial charge on any atom is 0.244 e. The van der Waals surface area contributed by atoms with E-state index in [1.807, 2.05) is 32.0 Å². The molecule has 0 bridgehead atoms. The molecule has 1 aromatic rings. The number of methoxy groups -OCH3 is 2. The van der Waals surface area contributed by atoms with Gasteiger partial charge in [-0.15, -0.1) is 0 Å². The van der Waals surface area contributed by atoms with Crippen molar-refractivity contribution in [3.8, 4) is 11.5 Å². The fraction of sp³-hybridized carbons (Fsp3) is 0.400. The Bertz CT molecular complexity index is 455. The number of hydrogen-bond acceptors (Lipinski definition) is 3. The van der Waals surface area contributed by atoms with E-state index in [0.717, 1.165) is 12.0 Å². The van der Waals surface area contributed by atoms with Gasteiger partial charge in [-0.25, -0.2) is 0 Å². The van der Waals surface area contributed by atoms with Crippen LogP contribution in [0, 0.1) is 0 Å². The van der Waals surface area contributed by atoms with Gasteiger partial charge in [-0.1, -0.05) is 13.0 Å². The van der Waals surface area contributed by atoms with E-state index >= 15 is 0 Å². The molecule has 0 saturated carbocycles. The summed E-state index contributed by atoms with van der Waals surface area (Å²) >= 11 is 0. The molecule has 0 fully saturated rings. The van der Waals surface area contributed by atoms with Crippen LogP contribution in [0.1, 0.15) is 25.8 Å². The minimum atomic E-state index is -0.0934. The lowest BCUT2D eigenvalue weighted by Gasteiger charge is -2.09. The topological polar surface area (TPSA) is 47.6 Å². The predicted octanol–water partition coefficient (Wildman–Crippen LogP) is 2.63. The zero-order valence-electron chi connectivity index (χ0n) is 11.9. The van der Waals surface area contributed by atoms with E-state index in [0.29, 0.717) is 11.5 Å². The van der Waals surface area contributed by atoms with Gasteiger partial charge in [-0.3, -0.25) is 4.79 Å². The molecule has 0 heterocycles. The fourth-order valence-corrected chi connectivity index (χ4v) is 1.52. The van der Waals surface area contributed by atoms with Crippen LogP contribution >= 0.6 is 0 Å². The first-order valence-electron chi connectivity index (χ1n) is 6.31. The Kier molecular flexibility index (Phi) is 5.93. The van der Waals surface area contributed by atoms with Crippen LogP contribution in [0.3, 0.4) is 0 Å². The maximum absolute atomic E-state index is 11.6. The summed E-state index contributed by atoms with van der Waals surface area (Å²) in [4.78, 5) is 11.6. The van der Waals surface area contributed by atoms with Gasteiger partial charge < -0.3 is 14.8 Å². The second kappa shape index (κ2) is 7.46. The van der Waals surface area contributed by atoms with Crippen molar-refractivity contribution in [2.24, 2.45) is 0 Å². The number of benzene rings is 1. The molecule has 0 saturated heterocycles. The number of carbonyl (C=O) groups excluding carboxylic acids is 1. The monoisotopic (exact) mass is 263 g/mol. The first kappa shape index (κ1) is 15.1. The molecule has 0 aliphatic heterocycles. The first-order valence-corrected chi connectivity index (χ1v) is 6.31. The van der Waals surface area contributed by atoms with Crippen LogP contribution in [0.4, 0.5) is 0 Å². The molecule has 19 heavy (non-hydrogen) atoms. The molecule has 0 radical (unpaired) electrons. The van der Waals surface area contributed by atoms with Crippen LogP contribution in [-0.4, -0.2) is 26.2 Å². The van der Waals surface area contributed by atoms with Gasteiger partial charge in [0.2, 0.25) is 5.91 Å². The van der Waals surface area contributed by atoms with Crippen LogP contribution in [0.5, 0.6) is 11.5 Å². The van der Waals surface area contributed by atoms with E-state index in [1.165, 1.54) is 6.08 Å². The summed E-state index contributed by atoms with van der Waals surface area (Å²) in [7, 11) is 3.17. The van der Waals surface area contributed by atoms with Crippen LogP contribution in [0.2, 0.25) is 0 Å². The molecule has 1 unspecified atom stereocenters. The van der Waals surface area contributed by atoms with Crippen molar-refractivity contribution in [1.82, 2.24) is 5.32 Å². The van der Waals surface area contributed by atoms with Crippen LogP contribution in [-0.2, 0) is 4.79 Å². The molecule has 0 aromatic heterocycles. The molecule has 1 aromatic carbocycles. The number of amides is 1. The summed E-state index contributed by atoms with van der Waals surface area (Å²) in [6.45, 7) is 4.01. The summed E-state index contributed by atoms with van der Waals surface area (Å²) in [5.41, 5.74) is 0.886. The van der Waals surface area contributed by atoms with E-state index in [1.54, 1.807) is 20.3 Å². The summed E-state index contributed by atoms with van der Waals surface area (Å²) in [6, 6.07) is 5.69. The number of hydrogen-bond donors (Lipinski definition) is 1. The molecule has 0 spiro atoms.